The molecule has 1 saturated heterocycles. The van der Waals surface area contributed by atoms with Gasteiger partial charge in [0.05, 0.1) is 14.2 Å². The number of hydrogen-bond acceptors (Lipinski definition) is 6. The number of aromatic nitrogens is 2. The third-order valence-corrected chi connectivity index (χ3v) is 4.56. The van der Waals surface area contributed by atoms with Gasteiger partial charge in [0, 0.05) is 43.6 Å². The summed E-state index contributed by atoms with van der Waals surface area (Å²) in [6, 6.07) is 7.15. The van der Waals surface area contributed by atoms with Crippen molar-refractivity contribution >= 4 is 5.95 Å². The first-order chi connectivity index (χ1) is 12.0. The molecule has 2 aromatic rings. The maximum absolute atomic E-state index is 5.90. The van der Waals surface area contributed by atoms with Gasteiger partial charge in [-0.1, -0.05) is 13.8 Å². The second-order valence-corrected chi connectivity index (χ2v) is 7.00. The van der Waals surface area contributed by atoms with Crippen LogP contribution in [0.2, 0.25) is 0 Å². The first kappa shape index (κ1) is 17.3. The molecule has 134 valence electrons. The molecule has 1 aromatic heterocycles. The van der Waals surface area contributed by atoms with Crippen LogP contribution in [-0.4, -0.2) is 37.3 Å². The molecule has 6 heteroatoms. The van der Waals surface area contributed by atoms with Crippen LogP contribution in [0.3, 0.4) is 0 Å². The van der Waals surface area contributed by atoms with E-state index in [2.05, 4.69) is 28.7 Å². The maximum atomic E-state index is 5.90. The van der Waals surface area contributed by atoms with Gasteiger partial charge in [-0.3, -0.25) is 0 Å². The molecule has 0 aliphatic carbocycles. The van der Waals surface area contributed by atoms with Crippen molar-refractivity contribution in [3.05, 3.63) is 30.5 Å². The van der Waals surface area contributed by atoms with Crippen molar-refractivity contribution in [3.8, 4) is 23.1 Å². The van der Waals surface area contributed by atoms with Crippen LogP contribution in [0.4, 0.5) is 5.95 Å². The lowest BCUT2D eigenvalue weighted by Crippen LogP contribution is -2.38. The lowest BCUT2D eigenvalue weighted by molar-refractivity contribution is 0.278. The number of rotatable bonds is 5. The van der Waals surface area contributed by atoms with Gasteiger partial charge in [-0.05, 0) is 18.3 Å². The molecule has 0 unspecified atom stereocenters. The van der Waals surface area contributed by atoms with E-state index in [0.29, 0.717) is 34.5 Å². The highest BCUT2D eigenvalue weighted by molar-refractivity contribution is 5.43. The average Bonchev–Trinajstić information content (AvgIpc) is 2.61. The van der Waals surface area contributed by atoms with Crippen LogP contribution in [0.15, 0.2) is 30.5 Å². The molecular weight excluding hydrogens is 318 g/mol. The third-order valence-electron chi connectivity index (χ3n) is 4.56. The monoisotopic (exact) mass is 343 g/mol. The SMILES string of the molecule is COc1cc(OC)cc(Oc2ccnc(N3CCC(C)(C)CC3)n2)c1. The number of nitrogens with zero attached hydrogens (tertiary/aromatic N) is 3. The second kappa shape index (κ2) is 7.17. The van der Waals surface area contributed by atoms with Gasteiger partial charge in [0.1, 0.15) is 17.2 Å². The van der Waals surface area contributed by atoms with Crippen LogP contribution in [0.1, 0.15) is 26.7 Å². The molecule has 6 nitrogen and oxygen atoms in total. The zero-order valence-electron chi connectivity index (χ0n) is 15.3. The minimum Gasteiger partial charge on any atom is -0.496 e. The summed E-state index contributed by atoms with van der Waals surface area (Å²) in [4.78, 5) is 11.2. The van der Waals surface area contributed by atoms with Crippen LogP contribution in [0, 0.1) is 5.41 Å². The summed E-state index contributed by atoms with van der Waals surface area (Å²) >= 11 is 0. The normalized spacial score (nSPS) is 16.4. The highest BCUT2D eigenvalue weighted by Crippen LogP contribution is 2.33. The quantitative estimate of drug-likeness (QED) is 0.820. The first-order valence-corrected chi connectivity index (χ1v) is 8.48. The van der Waals surface area contributed by atoms with Crippen LogP contribution in [0.25, 0.3) is 0 Å². The molecule has 0 amide bonds. The predicted octanol–water partition coefficient (Wildman–Crippen LogP) is 3.91. The minimum absolute atomic E-state index is 0.391. The highest BCUT2D eigenvalue weighted by Gasteiger charge is 2.26. The third kappa shape index (κ3) is 4.32. The number of benzene rings is 1. The van der Waals surface area contributed by atoms with E-state index in [1.807, 2.05) is 0 Å². The summed E-state index contributed by atoms with van der Waals surface area (Å²) in [5, 5.41) is 0. The molecular formula is C19H25N3O3. The van der Waals surface area contributed by atoms with Crippen molar-refractivity contribution in [1.29, 1.82) is 0 Å². The molecule has 0 radical (unpaired) electrons. The molecule has 2 heterocycles. The van der Waals surface area contributed by atoms with Gasteiger partial charge in [0.15, 0.2) is 0 Å². The standard InChI is InChI=1S/C19H25N3O3/c1-19(2)6-9-22(10-7-19)18-20-8-5-17(21-18)25-16-12-14(23-3)11-15(13-16)24-4/h5,8,11-13H,6-7,9-10H2,1-4H3. The van der Waals surface area contributed by atoms with Gasteiger partial charge in [-0.15, -0.1) is 0 Å². The van der Waals surface area contributed by atoms with Crippen molar-refractivity contribution in [2.45, 2.75) is 26.7 Å². The molecule has 0 spiro atoms. The van der Waals surface area contributed by atoms with Gasteiger partial charge in [-0.25, -0.2) is 4.98 Å². The summed E-state index contributed by atoms with van der Waals surface area (Å²) < 4.78 is 16.4. The highest BCUT2D eigenvalue weighted by atomic mass is 16.5. The Morgan fingerprint density at radius 2 is 1.56 bits per heavy atom. The summed E-state index contributed by atoms with van der Waals surface area (Å²) in [6.07, 6.45) is 4.00. The molecule has 0 N–H and O–H groups in total. The van der Waals surface area contributed by atoms with E-state index in [0.717, 1.165) is 25.9 Å². The molecule has 1 aromatic carbocycles. The Balaban J connectivity index is 1.76. The van der Waals surface area contributed by atoms with E-state index in [9.17, 15) is 0 Å². The van der Waals surface area contributed by atoms with Crippen molar-refractivity contribution in [2.75, 3.05) is 32.2 Å². The van der Waals surface area contributed by atoms with Crippen molar-refractivity contribution < 1.29 is 14.2 Å². The van der Waals surface area contributed by atoms with E-state index < -0.39 is 0 Å². The van der Waals surface area contributed by atoms with Gasteiger partial charge in [0.25, 0.3) is 0 Å². The summed E-state index contributed by atoms with van der Waals surface area (Å²) in [5.41, 5.74) is 0.391. The summed E-state index contributed by atoms with van der Waals surface area (Å²) in [7, 11) is 3.22. The Bertz CT molecular complexity index is 701. The largest absolute Gasteiger partial charge is 0.496 e. The Hall–Kier alpha value is -2.50. The van der Waals surface area contributed by atoms with E-state index in [-0.39, 0.29) is 0 Å². The topological polar surface area (TPSA) is 56.7 Å². The Morgan fingerprint density at radius 1 is 0.960 bits per heavy atom. The van der Waals surface area contributed by atoms with E-state index in [4.69, 9.17) is 14.2 Å². The Kier molecular flexibility index (Phi) is 4.97. The Labute approximate surface area is 148 Å². The fraction of sp³-hybridized carbons (Fsp3) is 0.474. The van der Waals surface area contributed by atoms with E-state index in [1.165, 1.54) is 0 Å². The van der Waals surface area contributed by atoms with Crippen LogP contribution in [0.5, 0.6) is 23.1 Å². The van der Waals surface area contributed by atoms with Crippen molar-refractivity contribution in [3.63, 3.8) is 0 Å². The minimum atomic E-state index is 0.391. The summed E-state index contributed by atoms with van der Waals surface area (Å²) in [5.74, 6) is 3.16. The molecule has 3 rings (SSSR count). The lowest BCUT2D eigenvalue weighted by Gasteiger charge is -2.36. The fourth-order valence-corrected chi connectivity index (χ4v) is 2.81. The fourth-order valence-electron chi connectivity index (χ4n) is 2.81. The van der Waals surface area contributed by atoms with Gasteiger partial charge in [-0.2, -0.15) is 4.98 Å². The number of anilines is 1. The molecule has 0 saturated carbocycles. The first-order valence-electron chi connectivity index (χ1n) is 8.48. The maximum Gasteiger partial charge on any atom is 0.228 e. The summed E-state index contributed by atoms with van der Waals surface area (Å²) in [6.45, 7) is 6.54. The zero-order chi connectivity index (χ0) is 17.9. The van der Waals surface area contributed by atoms with Crippen LogP contribution < -0.4 is 19.1 Å². The van der Waals surface area contributed by atoms with Gasteiger partial charge >= 0.3 is 0 Å². The average molecular weight is 343 g/mol. The van der Waals surface area contributed by atoms with Crippen LogP contribution in [-0.2, 0) is 0 Å². The molecule has 1 aliphatic rings. The second-order valence-electron chi connectivity index (χ2n) is 7.00. The molecule has 25 heavy (non-hydrogen) atoms. The smallest absolute Gasteiger partial charge is 0.228 e. The molecule has 0 bridgehead atoms. The van der Waals surface area contributed by atoms with E-state index >= 15 is 0 Å². The molecule has 1 fully saturated rings. The van der Waals surface area contributed by atoms with Gasteiger partial charge < -0.3 is 19.1 Å². The van der Waals surface area contributed by atoms with Crippen molar-refractivity contribution in [1.82, 2.24) is 9.97 Å². The number of piperidine rings is 1. The number of hydrogen-bond donors (Lipinski definition) is 0. The van der Waals surface area contributed by atoms with Crippen LogP contribution >= 0.6 is 0 Å². The number of methoxy groups -OCH3 is 2. The Morgan fingerprint density at radius 3 is 2.16 bits per heavy atom. The number of ether oxygens (including phenoxy) is 3. The lowest BCUT2D eigenvalue weighted by atomic mass is 9.83. The van der Waals surface area contributed by atoms with Crippen molar-refractivity contribution in [2.24, 2.45) is 5.41 Å². The zero-order valence-corrected chi connectivity index (χ0v) is 15.3. The predicted molar refractivity (Wildman–Crippen MR) is 96.9 cm³/mol. The molecule has 1 aliphatic heterocycles. The van der Waals surface area contributed by atoms with E-state index in [1.54, 1.807) is 44.7 Å². The van der Waals surface area contributed by atoms with Gasteiger partial charge in [0.2, 0.25) is 11.8 Å². The molecule has 0 atom stereocenters.